The fourth-order valence-corrected chi connectivity index (χ4v) is 12.6. The molecular formula is C27H50OP2. The molecule has 0 aromatic heterocycles. The fraction of sp³-hybridized carbons (Fsp3) is 0.778. The highest BCUT2D eigenvalue weighted by atomic mass is 31.1. The molecule has 0 atom stereocenters. The lowest BCUT2D eigenvalue weighted by Gasteiger charge is -2.43. The van der Waals surface area contributed by atoms with Crippen molar-refractivity contribution in [2.24, 2.45) is 0 Å². The van der Waals surface area contributed by atoms with Crippen molar-refractivity contribution in [2.75, 3.05) is 0 Å². The summed E-state index contributed by atoms with van der Waals surface area (Å²) in [7, 11) is -0.514. The average molecular weight is 453 g/mol. The Morgan fingerprint density at radius 3 is 0.933 bits per heavy atom. The standard InChI is InChI=1S/C27H50OP2/c1-18-21(16-29(24(4,5)6)25(7,8)9)19(2)23(28)20(3)22(18)17-30(26(10,11)12)27(13,14)15/h28H,16-17H2,1-15H3. The first-order chi connectivity index (χ1) is 13.1. The van der Waals surface area contributed by atoms with Gasteiger partial charge in [0.05, 0.1) is 0 Å². The largest absolute Gasteiger partial charge is 0.507 e. The van der Waals surface area contributed by atoms with Crippen LogP contribution in [0.5, 0.6) is 5.75 Å². The number of phenolic OH excluding ortho intramolecular Hbond substituents is 1. The maximum Gasteiger partial charge on any atom is 0.121 e. The highest BCUT2D eigenvalue weighted by Gasteiger charge is 2.37. The highest BCUT2D eigenvalue weighted by molar-refractivity contribution is 7.60. The normalized spacial score (nSPS) is 14.2. The van der Waals surface area contributed by atoms with Gasteiger partial charge in [-0.25, -0.2) is 0 Å². The number of hydrogen-bond acceptors (Lipinski definition) is 1. The molecule has 0 bridgehead atoms. The van der Waals surface area contributed by atoms with E-state index in [-0.39, 0.29) is 36.5 Å². The van der Waals surface area contributed by atoms with Gasteiger partial charge < -0.3 is 5.11 Å². The van der Waals surface area contributed by atoms with Gasteiger partial charge in [0.15, 0.2) is 0 Å². The molecule has 0 aliphatic carbocycles. The zero-order valence-electron chi connectivity index (χ0n) is 22.8. The van der Waals surface area contributed by atoms with E-state index < -0.39 is 0 Å². The summed E-state index contributed by atoms with van der Waals surface area (Å²) in [5, 5.41) is 12.2. The van der Waals surface area contributed by atoms with Gasteiger partial charge in [0.1, 0.15) is 5.75 Å². The molecule has 0 fully saturated rings. The molecule has 0 radical (unpaired) electrons. The molecule has 3 heteroatoms. The Balaban J connectivity index is 3.66. The van der Waals surface area contributed by atoms with Gasteiger partial charge in [0.2, 0.25) is 0 Å². The summed E-state index contributed by atoms with van der Waals surface area (Å²) in [4.78, 5) is 0. The van der Waals surface area contributed by atoms with Crippen molar-refractivity contribution in [1.82, 2.24) is 0 Å². The zero-order valence-corrected chi connectivity index (χ0v) is 24.5. The Kier molecular flexibility index (Phi) is 8.40. The van der Waals surface area contributed by atoms with Crippen LogP contribution in [0.4, 0.5) is 0 Å². The maximum absolute atomic E-state index is 11.1. The third-order valence-corrected chi connectivity index (χ3v) is 14.1. The number of benzene rings is 1. The van der Waals surface area contributed by atoms with Crippen LogP contribution >= 0.6 is 15.8 Å². The summed E-state index contributed by atoms with van der Waals surface area (Å²) >= 11 is 0. The minimum Gasteiger partial charge on any atom is -0.507 e. The van der Waals surface area contributed by atoms with Gasteiger partial charge in [0.25, 0.3) is 0 Å². The Hall–Kier alpha value is -0.120. The predicted octanol–water partition coefficient (Wildman–Crippen LogP) is 9.48. The van der Waals surface area contributed by atoms with Crippen molar-refractivity contribution < 1.29 is 5.11 Å². The lowest BCUT2D eigenvalue weighted by Crippen LogP contribution is -2.27. The van der Waals surface area contributed by atoms with E-state index in [1.807, 2.05) is 0 Å². The molecular weight excluding hydrogens is 402 g/mol. The third-order valence-electron chi connectivity index (χ3n) is 6.39. The maximum atomic E-state index is 11.1. The van der Waals surface area contributed by atoms with Crippen LogP contribution in [-0.4, -0.2) is 25.7 Å². The predicted molar refractivity (Wildman–Crippen MR) is 143 cm³/mol. The third kappa shape index (κ3) is 6.45. The molecule has 0 saturated heterocycles. The van der Waals surface area contributed by atoms with Crippen LogP contribution in [0, 0.1) is 20.8 Å². The molecule has 1 aromatic carbocycles. The molecule has 0 saturated carbocycles. The number of hydrogen-bond donors (Lipinski definition) is 1. The van der Waals surface area contributed by atoms with Gasteiger partial charge in [-0.05, 0) is 81.5 Å². The minimum absolute atomic E-state index is 0.257. The molecule has 1 N–H and O–H groups in total. The lowest BCUT2D eigenvalue weighted by atomic mass is 9.94. The van der Waals surface area contributed by atoms with Crippen LogP contribution in [-0.2, 0) is 12.3 Å². The van der Waals surface area contributed by atoms with Crippen LogP contribution in [0.1, 0.15) is 111 Å². The van der Waals surface area contributed by atoms with Crippen LogP contribution in [0.3, 0.4) is 0 Å². The van der Waals surface area contributed by atoms with E-state index in [1.165, 1.54) is 16.7 Å². The summed E-state index contributed by atoms with van der Waals surface area (Å²) in [6, 6.07) is 0. The monoisotopic (exact) mass is 452 g/mol. The van der Waals surface area contributed by atoms with Crippen LogP contribution in [0.2, 0.25) is 0 Å². The smallest absolute Gasteiger partial charge is 0.121 e. The molecule has 1 nitrogen and oxygen atoms in total. The van der Waals surface area contributed by atoms with Crippen molar-refractivity contribution in [3.05, 3.63) is 27.8 Å². The Bertz CT molecular complexity index is 661. The number of aromatic hydroxyl groups is 1. The second-order valence-corrected chi connectivity index (χ2v) is 20.7. The van der Waals surface area contributed by atoms with Gasteiger partial charge in [-0.2, -0.15) is 0 Å². The van der Waals surface area contributed by atoms with E-state index in [0.29, 0.717) is 5.75 Å². The summed E-state index contributed by atoms with van der Waals surface area (Å²) in [5.74, 6) is 0.529. The van der Waals surface area contributed by atoms with E-state index in [4.69, 9.17) is 0 Å². The topological polar surface area (TPSA) is 20.2 Å². The first kappa shape index (κ1) is 27.9. The minimum atomic E-state index is -0.257. The first-order valence-electron chi connectivity index (χ1n) is 11.5. The summed E-state index contributed by atoms with van der Waals surface area (Å²) in [5.41, 5.74) is 6.45. The summed E-state index contributed by atoms with van der Waals surface area (Å²) in [6.07, 6.45) is 2.17. The molecule has 0 aliphatic rings. The first-order valence-corrected chi connectivity index (χ1v) is 14.5. The van der Waals surface area contributed by atoms with E-state index in [1.54, 1.807) is 0 Å². The van der Waals surface area contributed by atoms with Gasteiger partial charge >= 0.3 is 0 Å². The molecule has 0 amide bonds. The van der Waals surface area contributed by atoms with Gasteiger partial charge in [0, 0.05) is 0 Å². The van der Waals surface area contributed by atoms with E-state index in [2.05, 4.69) is 104 Å². The second kappa shape index (κ2) is 9.02. The molecule has 0 aliphatic heterocycles. The summed E-state index contributed by atoms with van der Waals surface area (Å²) < 4.78 is 0. The SMILES string of the molecule is Cc1c(O)c(C)c(CP(C(C)(C)C)C(C)(C)C)c(C)c1CP(C(C)(C)C)C(C)(C)C. The van der Waals surface area contributed by atoms with Crippen molar-refractivity contribution in [3.63, 3.8) is 0 Å². The van der Waals surface area contributed by atoms with Crippen LogP contribution in [0.15, 0.2) is 0 Å². The van der Waals surface area contributed by atoms with Gasteiger partial charge in [-0.15, -0.1) is 0 Å². The van der Waals surface area contributed by atoms with E-state index in [9.17, 15) is 5.11 Å². The second-order valence-electron chi connectivity index (χ2n) is 13.0. The molecule has 0 heterocycles. The highest BCUT2D eigenvalue weighted by Crippen LogP contribution is 2.64. The molecule has 30 heavy (non-hydrogen) atoms. The molecule has 1 rings (SSSR count). The van der Waals surface area contributed by atoms with Crippen LogP contribution < -0.4 is 0 Å². The van der Waals surface area contributed by atoms with Crippen molar-refractivity contribution in [1.29, 1.82) is 0 Å². The Labute approximate surface area is 191 Å². The molecule has 0 spiro atoms. The van der Waals surface area contributed by atoms with E-state index in [0.717, 1.165) is 23.5 Å². The Morgan fingerprint density at radius 1 is 0.500 bits per heavy atom. The van der Waals surface area contributed by atoms with Crippen LogP contribution in [0.25, 0.3) is 0 Å². The van der Waals surface area contributed by atoms with E-state index >= 15 is 0 Å². The lowest BCUT2D eigenvalue weighted by molar-refractivity contribution is 0.465. The average Bonchev–Trinajstić information content (AvgIpc) is 2.47. The number of rotatable bonds is 4. The fourth-order valence-electron chi connectivity index (χ4n) is 5.06. The van der Waals surface area contributed by atoms with Gasteiger partial charge in [-0.1, -0.05) is 98.9 Å². The molecule has 0 unspecified atom stereocenters. The van der Waals surface area contributed by atoms with Crippen molar-refractivity contribution >= 4 is 15.8 Å². The van der Waals surface area contributed by atoms with Gasteiger partial charge in [-0.3, -0.25) is 0 Å². The quantitative estimate of drug-likeness (QED) is 0.451. The number of phenols is 1. The molecule has 1 aromatic rings. The van der Waals surface area contributed by atoms with Crippen molar-refractivity contribution in [3.8, 4) is 5.75 Å². The Morgan fingerprint density at radius 2 is 0.733 bits per heavy atom. The zero-order chi connectivity index (χ0) is 24.0. The summed E-state index contributed by atoms with van der Waals surface area (Å²) in [6.45, 7) is 35.3. The molecule has 174 valence electrons. The van der Waals surface area contributed by atoms with Crippen molar-refractivity contribution in [2.45, 2.75) is 137 Å².